The molecule has 0 amide bonds. The van der Waals surface area contributed by atoms with Gasteiger partial charge in [-0.1, -0.05) is 24.9 Å². The van der Waals surface area contributed by atoms with Gasteiger partial charge < -0.3 is 0 Å². The van der Waals surface area contributed by atoms with Crippen LogP contribution in [0.4, 0.5) is 5.69 Å². The van der Waals surface area contributed by atoms with Gasteiger partial charge in [-0.25, -0.2) is 0 Å². The molecule has 0 spiro atoms. The molecule has 0 aliphatic carbocycles. The lowest BCUT2D eigenvalue weighted by Crippen LogP contribution is -1.89. The average Bonchev–Trinajstić information content (AvgIpc) is 2.19. The van der Waals surface area contributed by atoms with Crippen molar-refractivity contribution in [2.75, 3.05) is 0 Å². The highest BCUT2D eigenvalue weighted by atomic mass is 16.6. The number of nitrogens with zero attached hydrogens (tertiary/aromatic N) is 1. The topological polar surface area (TPSA) is 43.1 Å². The first-order chi connectivity index (χ1) is 6.74. The molecule has 3 nitrogen and oxygen atoms in total. The van der Waals surface area contributed by atoms with Gasteiger partial charge in [0.25, 0.3) is 5.69 Å². The van der Waals surface area contributed by atoms with Crippen LogP contribution in [0.15, 0.2) is 24.3 Å². The van der Waals surface area contributed by atoms with Crippen LogP contribution in [-0.4, -0.2) is 12.8 Å². The van der Waals surface area contributed by atoms with E-state index in [-0.39, 0.29) is 10.6 Å². The number of hydrogen-bond acceptors (Lipinski definition) is 2. The summed E-state index contributed by atoms with van der Waals surface area (Å²) in [6.45, 7) is 0. The molecular weight excluding hydrogens is 177 g/mol. The zero-order valence-corrected chi connectivity index (χ0v) is 7.98. The minimum Gasteiger partial charge on any atom is -0.258 e. The Labute approximate surface area is 84.7 Å². The normalized spacial score (nSPS) is 10.0. The van der Waals surface area contributed by atoms with Gasteiger partial charge in [0, 0.05) is 12.1 Å². The highest BCUT2D eigenvalue weighted by molar-refractivity contribution is 6.08. The van der Waals surface area contributed by atoms with Gasteiger partial charge in [0.1, 0.15) is 0 Å². The highest BCUT2D eigenvalue weighted by Crippen LogP contribution is 2.13. The summed E-state index contributed by atoms with van der Waals surface area (Å²) in [7, 11) is 5.37. The molecule has 2 radical (unpaired) electrons. The molecule has 0 fully saturated rings. The van der Waals surface area contributed by atoms with E-state index in [2.05, 4.69) is 0 Å². The van der Waals surface area contributed by atoms with Crippen LogP contribution < -0.4 is 0 Å². The zero-order chi connectivity index (χ0) is 10.4. The van der Waals surface area contributed by atoms with Crippen molar-refractivity contribution < 1.29 is 4.92 Å². The van der Waals surface area contributed by atoms with E-state index in [1.165, 1.54) is 12.1 Å². The maximum Gasteiger partial charge on any atom is 0.269 e. The third-order valence-electron chi connectivity index (χ3n) is 2.07. The first kappa shape index (κ1) is 10.8. The molecule has 0 aliphatic heterocycles. The Morgan fingerprint density at radius 2 is 1.86 bits per heavy atom. The van der Waals surface area contributed by atoms with Crippen molar-refractivity contribution >= 4 is 13.5 Å². The molecule has 1 aromatic rings. The van der Waals surface area contributed by atoms with Gasteiger partial charge in [-0.15, -0.1) is 0 Å². The highest BCUT2D eigenvalue weighted by Gasteiger charge is 2.02. The summed E-state index contributed by atoms with van der Waals surface area (Å²) in [5.41, 5.74) is 1.27. The third kappa shape index (κ3) is 3.20. The second-order valence-corrected chi connectivity index (χ2v) is 3.17. The first-order valence-corrected chi connectivity index (χ1v) is 4.67. The summed E-state index contributed by atoms with van der Waals surface area (Å²) >= 11 is 0. The number of hydrogen-bond donors (Lipinski definition) is 0. The first-order valence-electron chi connectivity index (χ1n) is 4.67. The van der Waals surface area contributed by atoms with E-state index in [4.69, 9.17) is 7.85 Å². The lowest BCUT2D eigenvalue weighted by molar-refractivity contribution is -0.384. The van der Waals surface area contributed by atoms with E-state index in [1.807, 2.05) is 0 Å². The van der Waals surface area contributed by atoms with Gasteiger partial charge in [0.05, 0.1) is 12.8 Å². The molecule has 4 heteroatoms. The largest absolute Gasteiger partial charge is 0.269 e. The minimum absolute atomic E-state index is 0.146. The van der Waals surface area contributed by atoms with Crippen LogP contribution >= 0.6 is 0 Å². The van der Waals surface area contributed by atoms with Crippen molar-refractivity contribution in [3.05, 3.63) is 39.9 Å². The Hall–Kier alpha value is -1.32. The van der Waals surface area contributed by atoms with Gasteiger partial charge in [0.2, 0.25) is 0 Å². The summed E-state index contributed by atoms with van der Waals surface area (Å²) in [5.74, 6) is 0. The Morgan fingerprint density at radius 1 is 1.21 bits per heavy atom. The van der Waals surface area contributed by atoms with Crippen molar-refractivity contribution in [1.29, 1.82) is 0 Å². The quantitative estimate of drug-likeness (QED) is 0.309. The summed E-state index contributed by atoms with van der Waals surface area (Å²) in [6.07, 6.45) is 3.67. The molecule has 0 bridgehead atoms. The van der Waals surface area contributed by atoms with E-state index in [9.17, 15) is 10.1 Å². The number of rotatable bonds is 5. The predicted molar refractivity (Wildman–Crippen MR) is 56.6 cm³/mol. The van der Waals surface area contributed by atoms with Crippen molar-refractivity contribution in [2.24, 2.45) is 0 Å². The molecule has 0 saturated carbocycles. The molecule has 0 atom stereocenters. The fourth-order valence-electron chi connectivity index (χ4n) is 1.26. The predicted octanol–water partition coefficient (Wildman–Crippen LogP) is 2.50. The monoisotopic (exact) mass is 189 g/mol. The summed E-state index contributed by atoms with van der Waals surface area (Å²) < 4.78 is 0. The molecule has 1 rings (SSSR count). The Balaban J connectivity index is 2.51. The third-order valence-corrected chi connectivity index (χ3v) is 2.07. The molecule has 0 unspecified atom stereocenters. The van der Waals surface area contributed by atoms with Gasteiger partial charge in [0.15, 0.2) is 0 Å². The van der Waals surface area contributed by atoms with Crippen LogP contribution in [0.25, 0.3) is 0 Å². The van der Waals surface area contributed by atoms with Crippen molar-refractivity contribution in [2.45, 2.75) is 25.6 Å². The van der Waals surface area contributed by atoms with Gasteiger partial charge >= 0.3 is 0 Å². The summed E-state index contributed by atoms with van der Waals surface area (Å²) in [6, 6.07) is 6.68. The Morgan fingerprint density at radius 3 is 2.36 bits per heavy atom. The number of non-ortho nitro benzene ring substituents is 1. The molecule has 1 aromatic carbocycles. The SMILES string of the molecule is [B]CCCCc1ccc([N+](=O)[O-])cc1. The summed E-state index contributed by atoms with van der Waals surface area (Å²) in [5, 5.41) is 10.4. The number of nitro benzene ring substituents is 1. The average molecular weight is 189 g/mol. The van der Waals surface area contributed by atoms with E-state index in [0.29, 0.717) is 6.32 Å². The molecule has 0 aromatic heterocycles. The van der Waals surface area contributed by atoms with Crippen molar-refractivity contribution in [3.63, 3.8) is 0 Å². The van der Waals surface area contributed by atoms with E-state index in [0.717, 1.165) is 24.8 Å². The lowest BCUT2D eigenvalue weighted by atomic mass is 9.98. The standard InChI is InChI=1S/C10H12BNO2/c11-8-2-1-3-9-4-6-10(7-5-9)12(13)14/h4-7H,1-3,8H2. The Bertz CT molecular complexity index is 297. The fraction of sp³-hybridized carbons (Fsp3) is 0.400. The van der Waals surface area contributed by atoms with Crippen LogP contribution in [0.3, 0.4) is 0 Å². The van der Waals surface area contributed by atoms with Gasteiger partial charge in [-0.05, 0) is 18.4 Å². The molecule has 14 heavy (non-hydrogen) atoms. The number of unbranched alkanes of at least 4 members (excludes halogenated alkanes) is 1. The zero-order valence-electron chi connectivity index (χ0n) is 7.98. The van der Waals surface area contributed by atoms with Crippen LogP contribution in [-0.2, 0) is 6.42 Å². The maximum absolute atomic E-state index is 10.4. The second-order valence-electron chi connectivity index (χ2n) is 3.17. The smallest absolute Gasteiger partial charge is 0.258 e. The molecule has 0 heterocycles. The molecule has 0 saturated heterocycles. The molecular formula is C10H12BNO2. The number of aryl methyl sites for hydroxylation is 1. The van der Waals surface area contributed by atoms with Crippen molar-refractivity contribution in [1.82, 2.24) is 0 Å². The van der Waals surface area contributed by atoms with Crippen LogP contribution in [0.1, 0.15) is 18.4 Å². The van der Waals surface area contributed by atoms with Gasteiger partial charge in [-0.3, -0.25) is 10.1 Å². The summed E-state index contributed by atoms with van der Waals surface area (Å²) in [4.78, 5) is 9.98. The number of nitro groups is 1. The van der Waals surface area contributed by atoms with E-state index >= 15 is 0 Å². The van der Waals surface area contributed by atoms with Crippen molar-refractivity contribution in [3.8, 4) is 0 Å². The number of benzene rings is 1. The second kappa shape index (κ2) is 5.42. The molecule has 0 aliphatic rings. The maximum atomic E-state index is 10.4. The van der Waals surface area contributed by atoms with Crippen LogP contribution in [0.5, 0.6) is 0 Å². The minimum atomic E-state index is -0.385. The van der Waals surface area contributed by atoms with Crippen LogP contribution in [0.2, 0.25) is 6.32 Å². The molecule has 72 valence electrons. The molecule has 0 N–H and O–H groups in total. The lowest BCUT2D eigenvalue weighted by Gasteiger charge is -1.99. The fourth-order valence-corrected chi connectivity index (χ4v) is 1.26. The van der Waals surface area contributed by atoms with Crippen LogP contribution in [0, 0.1) is 10.1 Å². The Kier molecular flexibility index (Phi) is 4.17. The van der Waals surface area contributed by atoms with Gasteiger partial charge in [-0.2, -0.15) is 0 Å². The van der Waals surface area contributed by atoms with E-state index < -0.39 is 0 Å². The van der Waals surface area contributed by atoms with E-state index in [1.54, 1.807) is 12.1 Å².